The lowest BCUT2D eigenvalue weighted by molar-refractivity contribution is 0.488. The molecule has 3 N–H and O–H groups in total. The Balaban J connectivity index is 2.95. The summed E-state index contributed by atoms with van der Waals surface area (Å²) in [6, 6.07) is 0. The Morgan fingerprint density at radius 1 is 1.07 bits per heavy atom. The summed E-state index contributed by atoms with van der Waals surface area (Å²) in [6.07, 6.45) is 0. The number of rotatable bonds is 3. The quantitative estimate of drug-likeness (QED) is 0.626. The number of nitrogens with zero attached hydrogens (tertiary/aromatic N) is 5. The number of aromatic nitrogens is 3. The van der Waals surface area contributed by atoms with Gasteiger partial charge in [0, 0.05) is 28.2 Å². The average Bonchev–Trinajstić information content (AvgIpc) is 2.01. The highest BCUT2D eigenvalue weighted by Crippen LogP contribution is 2.08. The molecule has 0 aromatic carbocycles. The van der Waals surface area contributed by atoms with Crippen molar-refractivity contribution >= 4 is 17.8 Å². The molecule has 0 radical (unpaired) electrons. The largest absolute Gasteiger partial charge is 0.368 e. The van der Waals surface area contributed by atoms with E-state index in [0.29, 0.717) is 11.9 Å². The molecule has 1 heterocycles. The van der Waals surface area contributed by atoms with Crippen molar-refractivity contribution in [2.45, 2.75) is 0 Å². The van der Waals surface area contributed by atoms with Gasteiger partial charge in [0.15, 0.2) is 0 Å². The van der Waals surface area contributed by atoms with E-state index in [1.165, 1.54) is 0 Å². The van der Waals surface area contributed by atoms with Gasteiger partial charge in [0.2, 0.25) is 17.8 Å². The predicted octanol–water partition coefficient (Wildman–Crippen LogP) is -0.592. The van der Waals surface area contributed by atoms with E-state index >= 15 is 0 Å². The van der Waals surface area contributed by atoms with E-state index < -0.39 is 0 Å². The first-order chi connectivity index (χ1) is 6.49. The highest BCUT2D eigenvalue weighted by molar-refractivity contribution is 5.40. The monoisotopic (exact) mass is 197 g/mol. The fourth-order valence-corrected chi connectivity index (χ4v) is 0.831. The second-order valence-electron chi connectivity index (χ2n) is 3.22. The lowest BCUT2D eigenvalue weighted by Gasteiger charge is -2.14. The number of nitrogens with two attached hydrogens (primary N) is 1. The van der Waals surface area contributed by atoms with E-state index in [9.17, 15) is 0 Å². The first kappa shape index (κ1) is 10.5. The smallest absolute Gasteiger partial charge is 0.244 e. The number of anilines is 3. The molecule has 78 valence electrons. The van der Waals surface area contributed by atoms with Crippen molar-refractivity contribution in [1.29, 1.82) is 0 Å². The number of nitrogens with one attached hydrogen (secondary N) is 1. The van der Waals surface area contributed by atoms with Gasteiger partial charge in [-0.15, -0.1) is 0 Å². The molecule has 0 aliphatic rings. The van der Waals surface area contributed by atoms with Crippen LogP contribution in [0.25, 0.3) is 0 Å². The van der Waals surface area contributed by atoms with Crippen LogP contribution in [0.4, 0.5) is 17.8 Å². The maximum Gasteiger partial charge on any atom is 0.244 e. The van der Waals surface area contributed by atoms with Gasteiger partial charge in [-0.2, -0.15) is 15.0 Å². The van der Waals surface area contributed by atoms with Gasteiger partial charge in [0.25, 0.3) is 0 Å². The van der Waals surface area contributed by atoms with Crippen LogP contribution in [-0.4, -0.2) is 48.2 Å². The summed E-state index contributed by atoms with van der Waals surface area (Å²) >= 11 is 0. The Morgan fingerprint density at radius 3 is 2.21 bits per heavy atom. The average molecular weight is 197 g/mol. The van der Waals surface area contributed by atoms with E-state index in [1.54, 1.807) is 9.91 Å². The molecule has 1 aromatic rings. The molecule has 0 saturated carbocycles. The summed E-state index contributed by atoms with van der Waals surface area (Å²) in [5.41, 5.74) is 8.43. The van der Waals surface area contributed by atoms with Crippen LogP contribution in [0, 0.1) is 0 Å². The molecule has 0 fully saturated rings. The Labute approximate surface area is 82.9 Å². The number of hydrogen-bond donors (Lipinski definition) is 2. The van der Waals surface area contributed by atoms with Crippen molar-refractivity contribution in [3.05, 3.63) is 0 Å². The summed E-state index contributed by atoms with van der Waals surface area (Å²) in [5, 5.41) is 1.73. The van der Waals surface area contributed by atoms with Gasteiger partial charge in [0.05, 0.1) is 0 Å². The van der Waals surface area contributed by atoms with Crippen LogP contribution in [0.2, 0.25) is 0 Å². The molecule has 0 atom stereocenters. The maximum atomic E-state index is 5.53. The van der Waals surface area contributed by atoms with Crippen molar-refractivity contribution in [1.82, 2.24) is 20.0 Å². The zero-order valence-corrected chi connectivity index (χ0v) is 8.81. The molecule has 0 saturated heterocycles. The van der Waals surface area contributed by atoms with Gasteiger partial charge in [0.1, 0.15) is 0 Å². The SMILES string of the molecule is CN(C)Nc1nc(N)nc(N(C)C)n1. The third-order valence-electron chi connectivity index (χ3n) is 1.36. The normalized spacial score (nSPS) is 10.4. The number of nitrogen functional groups attached to an aromatic ring is 1. The molecule has 7 heteroatoms. The molecule has 0 bridgehead atoms. The summed E-state index contributed by atoms with van der Waals surface area (Å²) in [4.78, 5) is 13.8. The van der Waals surface area contributed by atoms with E-state index in [4.69, 9.17) is 5.73 Å². The van der Waals surface area contributed by atoms with Crippen LogP contribution in [0.15, 0.2) is 0 Å². The molecule has 14 heavy (non-hydrogen) atoms. The second-order valence-corrected chi connectivity index (χ2v) is 3.22. The molecular formula is C7H15N7. The Kier molecular flexibility index (Phi) is 3.03. The van der Waals surface area contributed by atoms with E-state index in [1.807, 2.05) is 28.2 Å². The first-order valence-electron chi connectivity index (χ1n) is 4.12. The summed E-state index contributed by atoms with van der Waals surface area (Å²) < 4.78 is 0. The third-order valence-corrected chi connectivity index (χ3v) is 1.36. The Hall–Kier alpha value is -1.63. The van der Waals surface area contributed by atoms with Gasteiger partial charge < -0.3 is 10.6 Å². The molecule has 1 rings (SSSR count). The number of hydrazine groups is 1. The lowest BCUT2D eigenvalue weighted by atomic mass is 10.7. The molecule has 0 aliphatic heterocycles. The Bertz CT molecular complexity index is 309. The standard InChI is InChI=1S/C7H15N7/c1-13(2)7-10-5(8)9-6(11-7)12-14(3)4/h1-4H3,(H3,8,9,10,11,12). The van der Waals surface area contributed by atoms with Crippen LogP contribution >= 0.6 is 0 Å². The minimum atomic E-state index is 0.202. The zero-order valence-electron chi connectivity index (χ0n) is 8.81. The van der Waals surface area contributed by atoms with Crippen LogP contribution < -0.4 is 16.1 Å². The van der Waals surface area contributed by atoms with Crippen LogP contribution in [-0.2, 0) is 0 Å². The molecule has 1 aromatic heterocycles. The molecule has 7 nitrogen and oxygen atoms in total. The van der Waals surface area contributed by atoms with Crippen molar-refractivity contribution in [3.63, 3.8) is 0 Å². The fraction of sp³-hybridized carbons (Fsp3) is 0.571. The van der Waals surface area contributed by atoms with Crippen molar-refractivity contribution in [3.8, 4) is 0 Å². The summed E-state index contributed by atoms with van der Waals surface area (Å²) in [7, 11) is 7.37. The predicted molar refractivity (Wildman–Crippen MR) is 55.9 cm³/mol. The van der Waals surface area contributed by atoms with Gasteiger partial charge >= 0.3 is 0 Å². The molecular weight excluding hydrogens is 182 g/mol. The third kappa shape index (κ3) is 2.70. The summed E-state index contributed by atoms with van der Waals surface area (Å²) in [6.45, 7) is 0. The van der Waals surface area contributed by atoms with Crippen molar-refractivity contribution < 1.29 is 0 Å². The minimum Gasteiger partial charge on any atom is -0.368 e. The summed E-state index contributed by atoms with van der Waals surface area (Å²) in [5.74, 6) is 1.17. The van der Waals surface area contributed by atoms with E-state index in [-0.39, 0.29) is 5.95 Å². The van der Waals surface area contributed by atoms with Crippen LogP contribution in [0.3, 0.4) is 0 Å². The number of hydrogen-bond acceptors (Lipinski definition) is 7. The van der Waals surface area contributed by atoms with Gasteiger partial charge in [-0.3, -0.25) is 5.43 Å². The second kappa shape index (κ2) is 4.05. The van der Waals surface area contributed by atoms with Crippen LogP contribution in [0.5, 0.6) is 0 Å². The van der Waals surface area contributed by atoms with E-state index in [2.05, 4.69) is 20.4 Å². The highest BCUT2D eigenvalue weighted by Gasteiger charge is 2.05. The minimum absolute atomic E-state index is 0.202. The first-order valence-corrected chi connectivity index (χ1v) is 4.12. The zero-order chi connectivity index (χ0) is 10.7. The molecule has 0 aliphatic carbocycles. The van der Waals surface area contributed by atoms with E-state index in [0.717, 1.165) is 0 Å². The molecule has 0 unspecified atom stereocenters. The molecule has 0 spiro atoms. The van der Waals surface area contributed by atoms with Crippen molar-refractivity contribution in [2.75, 3.05) is 44.3 Å². The topological polar surface area (TPSA) is 83.2 Å². The van der Waals surface area contributed by atoms with Crippen molar-refractivity contribution in [2.24, 2.45) is 0 Å². The fourth-order valence-electron chi connectivity index (χ4n) is 0.831. The van der Waals surface area contributed by atoms with Gasteiger partial charge in [-0.1, -0.05) is 0 Å². The van der Waals surface area contributed by atoms with Gasteiger partial charge in [-0.25, -0.2) is 5.01 Å². The highest BCUT2D eigenvalue weighted by atomic mass is 15.5. The van der Waals surface area contributed by atoms with Crippen LogP contribution in [0.1, 0.15) is 0 Å². The van der Waals surface area contributed by atoms with Gasteiger partial charge in [-0.05, 0) is 0 Å². The molecule has 0 amide bonds. The lowest BCUT2D eigenvalue weighted by Crippen LogP contribution is -2.23. The maximum absolute atomic E-state index is 5.53. The Morgan fingerprint density at radius 2 is 1.71 bits per heavy atom.